The first-order valence-corrected chi connectivity index (χ1v) is 9.44. The van der Waals surface area contributed by atoms with Crippen LogP contribution in [-0.4, -0.2) is 35.1 Å². The minimum atomic E-state index is -0.956. The molecule has 0 aromatic heterocycles. The van der Waals surface area contributed by atoms with E-state index in [9.17, 15) is 4.79 Å². The maximum absolute atomic E-state index is 12.3. The van der Waals surface area contributed by atoms with E-state index < -0.39 is 9.93 Å². The fourth-order valence-corrected chi connectivity index (χ4v) is 3.05. The Labute approximate surface area is 160 Å². The second kappa shape index (κ2) is 8.15. The summed E-state index contributed by atoms with van der Waals surface area (Å²) in [7, 11) is 0. The topological polar surface area (TPSA) is 47.6 Å². The number of alkyl halides is 2. The van der Waals surface area contributed by atoms with Crippen LogP contribution >= 0.6 is 23.2 Å². The Morgan fingerprint density at radius 1 is 1.32 bits per heavy atom. The van der Waals surface area contributed by atoms with Gasteiger partial charge in [-0.15, -0.1) is 23.2 Å². The summed E-state index contributed by atoms with van der Waals surface area (Å²) in [5.41, 5.74) is 0.132. The molecule has 1 fully saturated rings. The molecule has 1 saturated carbocycles. The Morgan fingerprint density at radius 2 is 1.92 bits per heavy atom. The molecule has 0 heterocycles. The van der Waals surface area contributed by atoms with Gasteiger partial charge in [0.15, 0.2) is 5.60 Å². The summed E-state index contributed by atoms with van der Waals surface area (Å²) < 4.78 is 10.7. The van der Waals surface area contributed by atoms with Gasteiger partial charge in [0.1, 0.15) is 10.1 Å². The normalized spacial score (nSPS) is 18.9. The highest BCUT2D eigenvalue weighted by molar-refractivity contribution is 6.51. The third kappa shape index (κ3) is 6.05. The van der Waals surface area contributed by atoms with E-state index in [1.54, 1.807) is 13.8 Å². The van der Waals surface area contributed by atoms with Gasteiger partial charge < -0.3 is 14.8 Å². The lowest BCUT2D eigenvalue weighted by Crippen LogP contribution is -2.47. The van der Waals surface area contributed by atoms with Gasteiger partial charge in [-0.25, -0.2) is 0 Å². The van der Waals surface area contributed by atoms with Crippen molar-refractivity contribution in [2.75, 3.05) is 13.2 Å². The number of rotatable bonds is 9. The molecule has 1 aliphatic rings. The number of carbonyl (C=O) groups excluding carboxylic acids is 1. The third-order valence-corrected chi connectivity index (χ3v) is 4.92. The number of amides is 1. The molecule has 6 heteroatoms. The zero-order valence-corrected chi connectivity index (χ0v) is 16.8. The summed E-state index contributed by atoms with van der Waals surface area (Å²) in [6.07, 6.45) is 1.75. The summed E-state index contributed by atoms with van der Waals surface area (Å²) in [5.74, 6) is 0.667. The molecule has 0 radical (unpaired) electrons. The van der Waals surface area contributed by atoms with Gasteiger partial charge in [-0.3, -0.25) is 4.79 Å². The molecule has 1 amide bonds. The molecule has 0 aliphatic heterocycles. The number of carbonyl (C=O) groups is 1. The van der Waals surface area contributed by atoms with Gasteiger partial charge in [0.25, 0.3) is 5.91 Å². The summed E-state index contributed by atoms with van der Waals surface area (Å²) in [6, 6.07) is 7.60. The van der Waals surface area contributed by atoms with E-state index in [2.05, 4.69) is 5.32 Å². The van der Waals surface area contributed by atoms with Crippen molar-refractivity contribution in [1.82, 2.24) is 5.32 Å². The van der Waals surface area contributed by atoms with Gasteiger partial charge >= 0.3 is 0 Å². The maximum Gasteiger partial charge on any atom is 0.263 e. The molecule has 1 atom stereocenters. The molecule has 2 rings (SSSR count). The number of benzene rings is 1. The van der Waals surface area contributed by atoms with Crippen molar-refractivity contribution in [3.05, 3.63) is 29.8 Å². The van der Waals surface area contributed by atoms with E-state index >= 15 is 0 Å². The van der Waals surface area contributed by atoms with Gasteiger partial charge in [0.2, 0.25) is 0 Å². The van der Waals surface area contributed by atoms with E-state index in [1.807, 2.05) is 38.1 Å². The minimum Gasteiger partial charge on any atom is -0.478 e. The molecule has 1 N–H and O–H groups in total. The van der Waals surface area contributed by atoms with Crippen molar-refractivity contribution >= 4 is 29.1 Å². The third-order valence-electron chi connectivity index (χ3n) is 4.09. The van der Waals surface area contributed by atoms with Crippen LogP contribution in [0.25, 0.3) is 0 Å². The van der Waals surface area contributed by atoms with Crippen LogP contribution in [0.4, 0.5) is 0 Å². The van der Waals surface area contributed by atoms with Crippen molar-refractivity contribution in [3.63, 3.8) is 0 Å². The zero-order chi connectivity index (χ0) is 18.7. The van der Waals surface area contributed by atoms with E-state index in [4.69, 9.17) is 32.7 Å². The first-order valence-electron chi connectivity index (χ1n) is 8.68. The lowest BCUT2D eigenvalue weighted by molar-refractivity contribution is -0.134. The average Bonchev–Trinajstić information content (AvgIpc) is 3.15. The van der Waals surface area contributed by atoms with Gasteiger partial charge in [0.05, 0.1) is 6.10 Å². The van der Waals surface area contributed by atoms with Gasteiger partial charge in [-0.2, -0.15) is 0 Å². The number of hydrogen-bond acceptors (Lipinski definition) is 3. The molecule has 1 aliphatic carbocycles. The molecule has 1 aromatic carbocycles. The lowest BCUT2D eigenvalue weighted by Gasteiger charge is -2.25. The summed E-state index contributed by atoms with van der Waals surface area (Å²) in [6.45, 7) is 8.68. The number of hydrogen-bond donors (Lipinski definition) is 1. The molecule has 0 spiro atoms. The van der Waals surface area contributed by atoms with Gasteiger partial charge in [0, 0.05) is 19.1 Å². The molecular weight excluding hydrogens is 361 g/mol. The highest BCUT2D eigenvalue weighted by Crippen LogP contribution is 2.59. The molecule has 1 aromatic rings. The first-order chi connectivity index (χ1) is 11.6. The van der Waals surface area contributed by atoms with Gasteiger partial charge in [-0.1, -0.05) is 12.1 Å². The molecule has 0 saturated heterocycles. The number of nitrogens with one attached hydrogen (secondary N) is 1. The van der Waals surface area contributed by atoms with Crippen molar-refractivity contribution in [2.24, 2.45) is 0 Å². The lowest BCUT2D eigenvalue weighted by atomic mass is 10.1. The predicted molar refractivity (Wildman–Crippen MR) is 102 cm³/mol. The van der Waals surface area contributed by atoms with E-state index in [1.165, 1.54) is 0 Å². The maximum atomic E-state index is 12.3. The van der Waals surface area contributed by atoms with Crippen molar-refractivity contribution < 1.29 is 14.3 Å². The number of halogens is 2. The fourth-order valence-electron chi connectivity index (χ4n) is 2.49. The van der Waals surface area contributed by atoms with Crippen LogP contribution in [0.3, 0.4) is 0 Å². The predicted octanol–water partition coefficient (Wildman–Crippen LogP) is 4.44. The quantitative estimate of drug-likeness (QED) is 0.503. The Balaban J connectivity index is 1.80. The summed E-state index contributed by atoms with van der Waals surface area (Å²) >= 11 is 12.2. The SMILES string of the molecule is CC(C)OCCCNC(=O)C(C)(C)Oc1ccc([C@@H]2CC2(Cl)Cl)cc1. The molecule has 4 nitrogen and oxygen atoms in total. The second-order valence-corrected chi connectivity index (χ2v) is 8.77. The van der Waals surface area contributed by atoms with Crippen LogP contribution in [-0.2, 0) is 9.53 Å². The second-order valence-electron chi connectivity index (χ2n) is 7.23. The van der Waals surface area contributed by atoms with Crippen molar-refractivity contribution in [3.8, 4) is 5.75 Å². The molecule has 25 heavy (non-hydrogen) atoms. The average molecular weight is 388 g/mol. The Bertz CT molecular complexity index is 585. The number of ether oxygens (including phenoxy) is 2. The summed E-state index contributed by atoms with van der Waals surface area (Å²) in [4.78, 5) is 12.3. The van der Waals surface area contributed by atoms with Crippen LogP contribution in [0.1, 0.15) is 52.0 Å². The Hall–Kier alpha value is -0.970. The monoisotopic (exact) mass is 387 g/mol. The van der Waals surface area contributed by atoms with Crippen LogP contribution in [0.2, 0.25) is 0 Å². The minimum absolute atomic E-state index is 0.149. The van der Waals surface area contributed by atoms with E-state index in [-0.39, 0.29) is 17.9 Å². The zero-order valence-electron chi connectivity index (χ0n) is 15.3. The molecule has 0 bridgehead atoms. The van der Waals surface area contributed by atoms with E-state index in [0.717, 1.165) is 18.4 Å². The molecular formula is C19H27Cl2NO3. The van der Waals surface area contributed by atoms with Crippen LogP contribution < -0.4 is 10.1 Å². The van der Waals surface area contributed by atoms with E-state index in [0.29, 0.717) is 18.9 Å². The first kappa shape index (κ1) is 20.3. The fraction of sp³-hybridized carbons (Fsp3) is 0.632. The molecule has 140 valence electrons. The Morgan fingerprint density at radius 3 is 2.44 bits per heavy atom. The van der Waals surface area contributed by atoms with Crippen LogP contribution in [0.5, 0.6) is 5.75 Å². The van der Waals surface area contributed by atoms with Gasteiger partial charge in [-0.05, 0) is 58.2 Å². The standard InChI is InChI=1S/C19H27Cl2NO3/c1-13(2)24-11-5-10-22-17(23)18(3,4)25-15-8-6-14(7-9-15)16-12-19(16,20)21/h6-9,13,16H,5,10-12H2,1-4H3,(H,22,23)/t16-/m0/s1. The van der Waals surface area contributed by atoms with Crippen LogP contribution in [0.15, 0.2) is 24.3 Å². The van der Waals surface area contributed by atoms with Crippen LogP contribution in [0, 0.1) is 0 Å². The highest BCUT2D eigenvalue weighted by Gasteiger charge is 2.52. The highest BCUT2D eigenvalue weighted by atomic mass is 35.5. The Kier molecular flexibility index (Phi) is 6.63. The van der Waals surface area contributed by atoms with Crippen molar-refractivity contribution in [2.45, 2.75) is 62.5 Å². The summed E-state index contributed by atoms with van der Waals surface area (Å²) in [5, 5.41) is 2.89. The molecule has 0 unspecified atom stereocenters. The smallest absolute Gasteiger partial charge is 0.263 e. The largest absolute Gasteiger partial charge is 0.478 e. The van der Waals surface area contributed by atoms with Crippen molar-refractivity contribution in [1.29, 1.82) is 0 Å².